The molecular weight excluding hydrogens is 321 g/mol. The van der Waals surface area contributed by atoms with E-state index in [0.29, 0.717) is 17.1 Å². The van der Waals surface area contributed by atoms with Crippen LogP contribution in [-0.2, 0) is 0 Å². The fraction of sp³-hybridized carbons (Fsp3) is 0.600. The molecule has 1 aromatic rings. The van der Waals surface area contributed by atoms with Crippen LogP contribution in [0.2, 0.25) is 0 Å². The van der Waals surface area contributed by atoms with Gasteiger partial charge < -0.3 is 5.73 Å². The van der Waals surface area contributed by atoms with E-state index in [-0.39, 0.29) is 11.9 Å². The van der Waals surface area contributed by atoms with Crippen molar-refractivity contribution in [3.63, 3.8) is 0 Å². The number of piperazine rings is 1. The minimum absolute atomic E-state index is 0.189. The summed E-state index contributed by atoms with van der Waals surface area (Å²) in [6.07, 6.45) is 2.61. The lowest BCUT2D eigenvalue weighted by Gasteiger charge is -2.41. The quantitative estimate of drug-likeness (QED) is 0.915. The van der Waals surface area contributed by atoms with Crippen LogP contribution in [-0.4, -0.2) is 48.6 Å². The van der Waals surface area contributed by atoms with Crippen molar-refractivity contribution in [3.8, 4) is 0 Å². The van der Waals surface area contributed by atoms with Gasteiger partial charge in [0.15, 0.2) is 0 Å². The lowest BCUT2D eigenvalue weighted by atomic mass is 10.0. The van der Waals surface area contributed by atoms with Crippen molar-refractivity contribution in [2.75, 3.05) is 32.7 Å². The van der Waals surface area contributed by atoms with E-state index in [2.05, 4.69) is 25.7 Å². The van der Waals surface area contributed by atoms with Crippen LogP contribution >= 0.6 is 15.9 Å². The summed E-state index contributed by atoms with van der Waals surface area (Å²) in [4.78, 5) is 5.05. The van der Waals surface area contributed by atoms with Gasteiger partial charge in [0.2, 0.25) is 0 Å². The number of nitrogens with zero attached hydrogens (tertiary/aromatic N) is 2. The lowest BCUT2D eigenvalue weighted by Crippen LogP contribution is -2.52. The molecule has 2 unspecified atom stereocenters. The Hall–Kier alpha value is -0.490. The Balaban J connectivity index is 1.77. The lowest BCUT2D eigenvalue weighted by molar-refractivity contribution is 0.0737. The number of hydrogen-bond donors (Lipinski definition) is 1. The number of nitrogens with two attached hydrogens (primary N) is 1. The highest BCUT2D eigenvalue weighted by atomic mass is 79.9. The molecule has 0 spiro atoms. The molecule has 2 atom stereocenters. The van der Waals surface area contributed by atoms with Crippen LogP contribution in [0.25, 0.3) is 0 Å². The Bertz CT molecular complexity index is 482. The van der Waals surface area contributed by atoms with E-state index < -0.39 is 0 Å². The van der Waals surface area contributed by atoms with Crippen molar-refractivity contribution < 1.29 is 4.39 Å². The van der Waals surface area contributed by atoms with Crippen molar-refractivity contribution >= 4 is 15.9 Å². The molecule has 0 saturated carbocycles. The molecule has 110 valence electrons. The Morgan fingerprint density at radius 1 is 1.35 bits per heavy atom. The molecular formula is C15H21BrFN3. The summed E-state index contributed by atoms with van der Waals surface area (Å²) in [5, 5.41) is 0. The third-order valence-corrected chi connectivity index (χ3v) is 5.22. The molecule has 0 amide bonds. The highest BCUT2D eigenvalue weighted by Crippen LogP contribution is 2.29. The zero-order chi connectivity index (χ0) is 14.1. The molecule has 2 heterocycles. The Kier molecular flexibility index (Phi) is 4.40. The monoisotopic (exact) mass is 341 g/mol. The van der Waals surface area contributed by atoms with E-state index in [0.717, 1.165) is 25.2 Å². The molecule has 3 nitrogen and oxygen atoms in total. The molecule has 0 bridgehead atoms. The first kappa shape index (κ1) is 14.4. The summed E-state index contributed by atoms with van der Waals surface area (Å²) in [5.74, 6) is -0.217. The van der Waals surface area contributed by atoms with Crippen LogP contribution in [0, 0.1) is 5.82 Å². The average Bonchev–Trinajstić information content (AvgIpc) is 2.91. The number of hydrogen-bond acceptors (Lipinski definition) is 3. The highest BCUT2D eigenvalue weighted by molar-refractivity contribution is 9.10. The largest absolute Gasteiger partial charge is 0.329 e. The molecule has 20 heavy (non-hydrogen) atoms. The van der Waals surface area contributed by atoms with Crippen molar-refractivity contribution in [2.24, 2.45) is 5.73 Å². The van der Waals surface area contributed by atoms with Gasteiger partial charge in [-0.15, -0.1) is 0 Å². The second kappa shape index (κ2) is 6.10. The van der Waals surface area contributed by atoms with Crippen LogP contribution in [0.5, 0.6) is 0 Å². The van der Waals surface area contributed by atoms with E-state index in [4.69, 9.17) is 5.73 Å². The molecule has 5 heteroatoms. The molecule has 2 N–H and O–H groups in total. The van der Waals surface area contributed by atoms with Crippen molar-refractivity contribution in [1.29, 1.82) is 0 Å². The molecule has 0 radical (unpaired) electrons. The van der Waals surface area contributed by atoms with Crippen molar-refractivity contribution in [2.45, 2.75) is 24.9 Å². The molecule has 2 fully saturated rings. The van der Waals surface area contributed by atoms with E-state index in [1.807, 2.05) is 12.1 Å². The van der Waals surface area contributed by atoms with Gasteiger partial charge in [0.1, 0.15) is 5.82 Å². The minimum Gasteiger partial charge on any atom is -0.329 e. The summed E-state index contributed by atoms with van der Waals surface area (Å²) in [7, 11) is 0. The first-order valence-electron chi connectivity index (χ1n) is 7.32. The number of benzene rings is 1. The van der Waals surface area contributed by atoms with Crippen LogP contribution in [0.1, 0.15) is 24.4 Å². The molecule has 3 rings (SSSR count). The predicted molar refractivity (Wildman–Crippen MR) is 82.1 cm³/mol. The van der Waals surface area contributed by atoms with E-state index in [1.165, 1.54) is 25.5 Å². The predicted octanol–water partition coefficient (Wildman–Crippen LogP) is 2.37. The molecule has 2 aliphatic heterocycles. The highest BCUT2D eigenvalue weighted by Gasteiger charge is 2.33. The molecule has 0 aromatic heterocycles. The van der Waals surface area contributed by atoms with Gasteiger partial charge in [-0.05, 0) is 53.0 Å². The number of fused-ring (bicyclic) bond motifs is 1. The van der Waals surface area contributed by atoms with E-state index >= 15 is 0 Å². The normalized spacial score (nSPS) is 25.6. The molecule has 1 aromatic carbocycles. The average molecular weight is 342 g/mol. The zero-order valence-corrected chi connectivity index (χ0v) is 13.2. The van der Waals surface area contributed by atoms with Crippen LogP contribution < -0.4 is 5.73 Å². The van der Waals surface area contributed by atoms with Gasteiger partial charge in [0, 0.05) is 38.3 Å². The summed E-state index contributed by atoms with van der Waals surface area (Å²) < 4.78 is 13.9. The van der Waals surface area contributed by atoms with Gasteiger partial charge in [-0.25, -0.2) is 4.39 Å². The van der Waals surface area contributed by atoms with Crippen LogP contribution in [0.15, 0.2) is 22.7 Å². The first-order valence-corrected chi connectivity index (χ1v) is 8.11. The number of halogens is 2. The van der Waals surface area contributed by atoms with Gasteiger partial charge in [-0.2, -0.15) is 0 Å². The maximum Gasteiger partial charge on any atom is 0.137 e. The van der Waals surface area contributed by atoms with Crippen molar-refractivity contribution in [1.82, 2.24) is 9.80 Å². The second-order valence-corrected chi connectivity index (χ2v) is 6.61. The first-order chi connectivity index (χ1) is 9.69. The van der Waals surface area contributed by atoms with Gasteiger partial charge in [0.05, 0.1) is 4.47 Å². The Labute approximate surface area is 128 Å². The summed E-state index contributed by atoms with van der Waals surface area (Å²) in [6, 6.07) is 6.12. The third kappa shape index (κ3) is 2.77. The third-order valence-electron chi connectivity index (χ3n) is 4.61. The van der Waals surface area contributed by atoms with Gasteiger partial charge >= 0.3 is 0 Å². The standard InChI is InChI=1S/C15H21BrFN3/c16-13-8-11(3-4-14(13)17)15(9-18)20-7-6-19-5-1-2-12(19)10-20/h3-4,8,12,15H,1-2,5-7,9-10,18H2. The maximum atomic E-state index is 13.4. The second-order valence-electron chi connectivity index (χ2n) is 5.75. The fourth-order valence-corrected chi connectivity index (χ4v) is 3.91. The van der Waals surface area contributed by atoms with Crippen molar-refractivity contribution in [3.05, 3.63) is 34.1 Å². The Morgan fingerprint density at radius 3 is 2.95 bits per heavy atom. The van der Waals surface area contributed by atoms with Gasteiger partial charge in [-0.1, -0.05) is 6.07 Å². The molecule has 2 aliphatic rings. The molecule has 2 saturated heterocycles. The fourth-order valence-electron chi connectivity index (χ4n) is 3.51. The summed E-state index contributed by atoms with van der Waals surface area (Å²) >= 11 is 3.27. The summed E-state index contributed by atoms with van der Waals surface area (Å²) in [5.41, 5.74) is 7.10. The van der Waals surface area contributed by atoms with Crippen LogP contribution in [0.4, 0.5) is 4.39 Å². The van der Waals surface area contributed by atoms with Gasteiger partial charge in [0.25, 0.3) is 0 Å². The SMILES string of the molecule is NCC(c1ccc(F)c(Br)c1)N1CCN2CCCC2C1. The summed E-state index contributed by atoms with van der Waals surface area (Å²) in [6.45, 7) is 5.08. The van der Waals surface area contributed by atoms with E-state index in [1.54, 1.807) is 0 Å². The Morgan fingerprint density at radius 2 is 2.20 bits per heavy atom. The maximum absolute atomic E-state index is 13.4. The minimum atomic E-state index is -0.217. The van der Waals surface area contributed by atoms with E-state index in [9.17, 15) is 4.39 Å². The zero-order valence-electron chi connectivity index (χ0n) is 11.6. The smallest absolute Gasteiger partial charge is 0.137 e. The van der Waals surface area contributed by atoms with Crippen LogP contribution in [0.3, 0.4) is 0 Å². The topological polar surface area (TPSA) is 32.5 Å². The molecule has 0 aliphatic carbocycles. The number of rotatable bonds is 3. The van der Waals surface area contributed by atoms with Gasteiger partial charge in [-0.3, -0.25) is 9.80 Å².